The lowest BCUT2D eigenvalue weighted by Gasteiger charge is -2.10. The van der Waals surface area contributed by atoms with Crippen LogP contribution in [0.15, 0.2) is 47.6 Å². The molecule has 27 heavy (non-hydrogen) atoms. The summed E-state index contributed by atoms with van der Waals surface area (Å²) in [5.74, 6) is 0.401. The van der Waals surface area contributed by atoms with E-state index in [1.54, 1.807) is 19.1 Å². The summed E-state index contributed by atoms with van der Waals surface area (Å²) in [6.45, 7) is 6.39. The monoisotopic (exact) mass is 384 g/mol. The number of benzene rings is 2. The molecule has 3 aromatic rings. The average molecular weight is 384 g/mol. The maximum atomic E-state index is 13.6. The Labute approximate surface area is 162 Å². The lowest BCUT2D eigenvalue weighted by molar-refractivity contribution is -0.113. The van der Waals surface area contributed by atoms with Crippen molar-refractivity contribution in [1.29, 1.82) is 0 Å². The molecule has 140 valence electrons. The van der Waals surface area contributed by atoms with Crippen molar-refractivity contribution in [3.05, 3.63) is 59.4 Å². The summed E-state index contributed by atoms with van der Waals surface area (Å²) in [5, 5.41) is 12.0. The number of anilines is 1. The van der Waals surface area contributed by atoms with Crippen LogP contribution in [0.3, 0.4) is 0 Å². The Hall–Kier alpha value is -2.67. The van der Waals surface area contributed by atoms with E-state index in [0.29, 0.717) is 23.0 Å². The molecule has 0 unspecified atom stereocenters. The van der Waals surface area contributed by atoms with E-state index in [0.717, 1.165) is 17.0 Å². The average Bonchev–Trinajstić information content (AvgIpc) is 3.07. The zero-order valence-corrected chi connectivity index (χ0v) is 16.3. The highest BCUT2D eigenvalue weighted by atomic mass is 32.2. The van der Waals surface area contributed by atoms with Gasteiger partial charge in [0, 0.05) is 23.4 Å². The number of halogens is 1. The fraction of sp³-hybridized carbons (Fsp3) is 0.250. The van der Waals surface area contributed by atoms with Gasteiger partial charge >= 0.3 is 0 Å². The second-order valence-corrected chi connectivity index (χ2v) is 7.11. The molecule has 0 atom stereocenters. The Bertz CT molecular complexity index is 970. The summed E-state index contributed by atoms with van der Waals surface area (Å²) in [5.41, 5.74) is 3.06. The van der Waals surface area contributed by atoms with E-state index >= 15 is 0 Å². The molecule has 3 rings (SSSR count). The molecule has 1 heterocycles. The summed E-state index contributed by atoms with van der Waals surface area (Å²) in [7, 11) is 0. The normalized spacial score (nSPS) is 10.8. The summed E-state index contributed by atoms with van der Waals surface area (Å²) < 4.78 is 15.6. The van der Waals surface area contributed by atoms with Gasteiger partial charge in [-0.3, -0.25) is 4.79 Å². The number of hydrogen-bond acceptors (Lipinski definition) is 4. The molecule has 5 nitrogen and oxygen atoms in total. The zero-order chi connectivity index (χ0) is 19.4. The second kappa shape index (κ2) is 8.35. The lowest BCUT2D eigenvalue weighted by Crippen LogP contribution is -2.15. The first-order valence-electron chi connectivity index (χ1n) is 8.67. The molecule has 0 aliphatic carbocycles. The SMILES string of the molecule is CCn1c(SCC(=O)Nc2cccc(F)c2C)nnc1-c1cccc(C)c1. The largest absolute Gasteiger partial charge is 0.325 e. The van der Waals surface area contributed by atoms with E-state index in [-0.39, 0.29) is 17.5 Å². The number of aryl methyl sites for hydroxylation is 1. The molecule has 1 N–H and O–H groups in total. The molecule has 0 aliphatic heterocycles. The van der Waals surface area contributed by atoms with Gasteiger partial charge in [-0.15, -0.1) is 10.2 Å². The maximum Gasteiger partial charge on any atom is 0.234 e. The molecular weight excluding hydrogens is 363 g/mol. The molecule has 0 saturated heterocycles. The van der Waals surface area contributed by atoms with E-state index in [1.807, 2.05) is 36.6 Å². The van der Waals surface area contributed by atoms with Crippen molar-refractivity contribution >= 4 is 23.4 Å². The minimum atomic E-state index is -0.339. The summed E-state index contributed by atoms with van der Waals surface area (Å²) in [6.07, 6.45) is 0. The van der Waals surface area contributed by atoms with Gasteiger partial charge in [-0.25, -0.2) is 4.39 Å². The first-order valence-corrected chi connectivity index (χ1v) is 9.66. The summed E-state index contributed by atoms with van der Waals surface area (Å²) in [6, 6.07) is 12.7. The van der Waals surface area contributed by atoms with Gasteiger partial charge in [0.15, 0.2) is 11.0 Å². The number of rotatable bonds is 6. The predicted octanol–water partition coefficient (Wildman–Crippen LogP) is 4.45. The van der Waals surface area contributed by atoms with Crippen LogP contribution in [0.2, 0.25) is 0 Å². The smallest absolute Gasteiger partial charge is 0.234 e. The quantitative estimate of drug-likeness (QED) is 0.638. The van der Waals surface area contributed by atoms with Gasteiger partial charge < -0.3 is 9.88 Å². The number of carbonyl (C=O) groups is 1. The number of aromatic nitrogens is 3. The third kappa shape index (κ3) is 4.36. The Kier molecular flexibility index (Phi) is 5.91. The van der Waals surface area contributed by atoms with Crippen LogP contribution in [0.5, 0.6) is 0 Å². The van der Waals surface area contributed by atoms with Gasteiger partial charge in [-0.2, -0.15) is 0 Å². The molecule has 0 radical (unpaired) electrons. The third-order valence-corrected chi connectivity index (χ3v) is 5.15. The fourth-order valence-corrected chi connectivity index (χ4v) is 3.54. The van der Waals surface area contributed by atoms with Crippen molar-refractivity contribution in [2.24, 2.45) is 0 Å². The van der Waals surface area contributed by atoms with Crippen molar-refractivity contribution < 1.29 is 9.18 Å². The van der Waals surface area contributed by atoms with Gasteiger partial charge in [0.2, 0.25) is 5.91 Å². The Balaban J connectivity index is 1.71. The van der Waals surface area contributed by atoms with E-state index < -0.39 is 0 Å². The van der Waals surface area contributed by atoms with Gasteiger partial charge in [-0.1, -0.05) is 41.6 Å². The molecule has 0 spiro atoms. The van der Waals surface area contributed by atoms with Crippen molar-refractivity contribution in [3.63, 3.8) is 0 Å². The molecule has 1 aromatic heterocycles. The Morgan fingerprint density at radius 2 is 1.96 bits per heavy atom. The van der Waals surface area contributed by atoms with Crippen LogP contribution in [0.4, 0.5) is 10.1 Å². The third-order valence-electron chi connectivity index (χ3n) is 4.18. The highest BCUT2D eigenvalue weighted by Gasteiger charge is 2.15. The van der Waals surface area contributed by atoms with Gasteiger partial charge in [0.25, 0.3) is 0 Å². The highest BCUT2D eigenvalue weighted by Crippen LogP contribution is 2.25. The predicted molar refractivity (Wildman–Crippen MR) is 106 cm³/mol. The van der Waals surface area contributed by atoms with Crippen molar-refractivity contribution in [1.82, 2.24) is 14.8 Å². The highest BCUT2D eigenvalue weighted by molar-refractivity contribution is 7.99. The van der Waals surface area contributed by atoms with Gasteiger partial charge in [0.1, 0.15) is 5.82 Å². The molecule has 0 fully saturated rings. The molecule has 0 saturated carbocycles. The van der Waals surface area contributed by atoms with Crippen molar-refractivity contribution in [2.75, 3.05) is 11.1 Å². The van der Waals surface area contributed by atoms with Crippen LogP contribution < -0.4 is 5.32 Å². The van der Waals surface area contributed by atoms with Crippen LogP contribution in [0.25, 0.3) is 11.4 Å². The maximum absolute atomic E-state index is 13.6. The summed E-state index contributed by atoms with van der Waals surface area (Å²) >= 11 is 1.31. The topological polar surface area (TPSA) is 59.8 Å². The van der Waals surface area contributed by atoms with E-state index in [1.165, 1.54) is 17.8 Å². The number of carbonyl (C=O) groups excluding carboxylic acids is 1. The van der Waals surface area contributed by atoms with Crippen LogP contribution in [0, 0.1) is 19.7 Å². The number of amides is 1. The molecule has 1 amide bonds. The number of hydrogen-bond donors (Lipinski definition) is 1. The second-order valence-electron chi connectivity index (χ2n) is 6.17. The summed E-state index contributed by atoms with van der Waals surface area (Å²) in [4.78, 5) is 12.3. The van der Waals surface area contributed by atoms with Crippen LogP contribution in [0.1, 0.15) is 18.1 Å². The molecule has 0 aliphatic rings. The Morgan fingerprint density at radius 1 is 1.19 bits per heavy atom. The number of nitrogens with zero attached hydrogens (tertiary/aromatic N) is 3. The lowest BCUT2D eigenvalue weighted by atomic mass is 10.1. The van der Waals surface area contributed by atoms with Gasteiger partial charge in [0.05, 0.1) is 5.75 Å². The van der Waals surface area contributed by atoms with E-state index in [9.17, 15) is 9.18 Å². The molecular formula is C20H21FN4OS. The van der Waals surface area contributed by atoms with E-state index in [4.69, 9.17) is 0 Å². The van der Waals surface area contributed by atoms with Crippen molar-refractivity contribution in [2.45, 2.75) is 32.5 Å². The molecule has 0 bridgehead atoms. The van der Waals surface area contributed by atoms with Gasteiger partial charge in [-0.05, 0) is 39.0 Å². The van der Waals surface area contributed by atoms with Crippen LogP contribution >= 0.6 is 11.8 Å². The molecule has 2 aromatic carbocycles. The molecule has 7 heteroatoms. The fourth-order valence-electron chi connectivity index (χ4n) is 2.74. The zero-order valence-electron chi connectivity index (χ0n) is 15.5. The first-order chi connectivity index (χ1) is 13.0. The van der Waals surface area contributed by atoms with Crippen LogP contribution in [-0.2, 0) is 11.3 Å². The van der Waals surface area contributed by atoms with Crippen LogP contribution in [-0.4, -0.2) is 26.4 Å². The number of nitrogens with one attached hydrogen (secondary N) is 1. The standard InChI is InChI=1S/C20H21FN4OS/c1-4-25-19(15-8-5-7-13(2)11-15)23-24-20(25)27-12-18(26)22-17-10-6-9-16(21)14(17)3/h5-11H,4,12H2,1-3H3,(H,22,26). The minimum absolute atomic E-state index is 0.169. The number of thioether (sulfide) groups is 1. The van der Waals surface area contributed by atoms with E-state index in [2.05, 4.69) is 21.6 Å². The Morgan fingerprint density at radius 3 is 2.70 bits per heavy atom. The minimum Gasteiger partial charge on any atom is -0.325 e. The first kappa shape index (κ1) is 19.1. The van der Waals surface area contributed by atoms with Crippen molar-refractivity contribution in [3.8, 4) is 11.4 Å².